The number of aryl methyl sites for hydroxylation is 1. The van der Waals surface area contributed by atoms with Crippen LogP contribution in [0.25, 0.3) is 0 Å². The molecule has 1 heterocycles. The molecule has 2 rings (SSSR count). The molecule has 1 N–H and O–H groups in total. The molecule has 20 heavy (non-hydrogen) atoms. The van der Waals surface area contributed by atoms with Gasteiger partial charge in [-0.15, -0.1) is 5.75 Å². The van der Waals surface area contributed by atoms with E-state index in [-0.39, 0.29) is 41.4 Å². The van der Waals surface area contributed by atoms with Crippen LogP contribution in [0.3, 0.4) is 0 Å². The molecule has 0 bridgehead atoms. The van der Waals surface area contributed by atoms with Gasteiger partial charge < -0.3 is 9.53 Å². The van der Waals surface area contributed by atoms with Crippen molar-refractivity contribution in [2.45, 2.75) is 32.6 Å². The second kappa shape index (κ2) is 10.6. The Kier molecular flexibility index (Phi) is 9.98. The van der Waals surface area contributed by atoms with Gasteiger partial charge in [0.05, 0.1) is 0 Å². The van der Waals surface area contributed by atoms with Crippen LogP contribution in [0.15, 0.2) is 18.2 Å². The van der Waals surface area contributed by atoms with Crippen molar-refractivity contribution < 1.29 is 48.7 Å². The Balaban J connectivity index is 0.000000359. The van der Waals surface area contributed by atoms with Gasteiger partial charge in [-0.1, -0.05) is 13.3 Å². The topological polar surface area (TPSA) is 72.5 Å². The zero-order valence-electron chi connectivity index (χ0n) is 11.7. The van der Waals surface area contributed by atoms with E-state index in [0.717, 1.165) is 12.0 Å². The molecular weight excluding hydrogens is 269 g/mol. The SMILES string of the molecule is CCc1ccc[c-]c1O[C-]=O.O=C1CCCC(=O)N1.[Na+]. The minimum Gasteiger partial charge on any atom is -0.633 e. The second-order valence-corrected chi connectivity index (χ2v) is 3.89. The van der Waals surface area contributed by atoms with Crippen molar-refractivity contribution in [3.05, 3.63) is 29.8 Å². The van der Waals surface area contributed by atoms with Crippen molar-refractivity contribution in [1.29, 1.82) is 0 Å². The molecule has 6 heteroatoms. The Bertz CT molecular complexity index is 448. The van der Waals surface area contributed by atoms with Crippen molar-refractivity contribution in [2.24, 2.45) is 0 Å². The van der Waals surface area contributed by atoms with Gasteiger partial charge in [0.2, 0.25) is 11.8 Å². The van der Waals surface area contributed by atoms with Crippen LogP contribution in [-0.4, -0.2) is 18.3 Å². The largest absolute Gasteiger partial charge is 1.00 e. The summed E-state index contributed by atoms with van der Waals surface area (Å²) in [7, 11) is 0. The zero-order valence-corrected chi connectivity index (χ0v) is 13.7. The first kappa shape index (κ1) is 18.8. The van der Waals surface area contributed by atoms with Crippen LogP contribution in [0.5, 0.6) is 5.75 Å². The third-order valence-electron chi connectivity index (χ3n) is 2.51. The Labute approximate surface area is 140 Å². The Hall–Kier alpha value is -1.17. The number of benzene rings is 1. The van der Waals surface area contributed by atoms with Gasteiger partial charge in [-0.2, -0.15) is 23.8 Å². The minimum absolute atomic E-state index is 0. The molecule has 1 aromatic carbocycles. The summed E-state index contributed by atoms with van der Waals surface area (Å²) in [6.45, 7) is 3.36. The number of rotatable bonds is 3. The summed E-state index contributed by atoms with van der Waals surface area (Å²) in [6.07, 6.45) is 2.55. The fourth-order valence-electron chi connectivity index (χ4n) is 1.56. The Morgan fingerprint density at radius 2 is 2.00 bits per heavy atom. The van der Waals surface area contributed by atoms with Gasteiger partial charge >= 0.3 is 29.6 Å². The van der Waals surface area contributed by atoms with E-state index in [2.05, 4.69) is 16.1 Å². The van der Waals surface area contributed by atoms with Gasteiger partial charge in [-0.25, -0.2) is 6.07 Å². The average Bonchev–Trinajstić information content (AvgIpc) is 2.40. The Morgan fingerprint density at radius 3 is 2.45 bits per heavy atom. The summed E-state index contributed by atoms with van der Waals surface area (Å²) in [6, 6.07) is 8.25. The number of carbonyl (C=O) groups is 2. The van der Waals surface area contributed by atoms with Gasteiger partial charge in [0, 0.05) is 12.8 Å². The van der Waals surface area contributed by atoms with Gasteiger partial charge in [0.1, 0.15) is 0 Å². The second-order valence-electron chi connectivity index (χ2n) is 3.89. The maximum atomic E-state index is 10.3. The van der Waals surface area contributed by atoms with Crippen LogP contribution in [-0.2, 0) is 20.8 Å². The van der Waals surface area contributed by atoms with Crippen LogP contribution in [0.2, 0.25) is 0 Å². The number of nitrogens with one attached hydrogen (secondary N) is 1. The first-order valence-corrected chi connectivity index (χ1v) is 6.03. The standard InChI is InChI=1S/C9H8O2.C5H7NO2.Na/c1-2-8-5-3-4-6-9(8)11-7-10;7-4-2-1-3-5(8)6-4;/h3-5H,2H2,1H3;1-3H2,(H,6,7,8);/q-2;;+1. The molecule has 1 aromatic rings. The quantitative estimate of drug-likeness (QED) is 0.408. The fraction of sp³-hybridized carbons (Fsp3) is 0.357. The van der Waals surface area contributed by atoms with E-state index in [9.17, 15) is 14.4 Å². The predicted octanol–water partition coefficient (Wildman–Crippen LogP) is -1.69. The normalized spacial score (nSPS) is 13.2. The summed E-state index contributed by atoms with van der Waals surface area (Å²) in [4.78, 5) is 30.6. The first-order valence-electron chi connectivity index (χ1n) is 6.03. The van der Waals surface area contributed by atoms with Crippen molar-refractivity contribution >= 4 is 18.3 Å². The van der Waals surface area contributed by atoms with Crippen LogP contribution in [0.4, 0.5) is 0 Å². The minimum atomic E-state index is -0.138. The number of imide groups is 1. The smallest absolute Gasteiger partial charge is 0.633 e. The molecular formula is C14H15NNaO4-. The van der Waals surface area contributed by atoms with Gasteiger partial charge in [0.25, 0.3) is 0 Å². The Morgan fingerprint density at radius 1 is 1.35 bits per heavy atom. The molecule has 1 aliphatic heterocycles. The molecule has 0 aliphatic carbocycles. The van der Waals surface area contributed by atoms with E-state index in [1.165, 1.54) is 6.47 Å². The van der Waals surface area contributed by atoms with Crippen LogP contribution in [0.1, 0.15) is 31.7 Å². The molecule has 0 unspecified atom stereocenters. The summed E-state index contributed by atoms with van der Waals surface area (Å²) < 4.78 is 4.57. The molecule has 0 aromatic heterocycles. The number of amides is 2. The van der Waals surface area contributed by atoms with Crippen molar-refractivity contribution in [3.63, 3.8) is 0 Å². The van der Waals surface area contributed by atoms with Gasteiger partial charge in [-0.05, 0) is 6.42 Å². The van der Waals surface area contributed by atoms with E-state index in [4.69, 9.17) is 0 Å². The molecule has 0 atom stereocenters. The monoisotopic (exact) mass is 284 g/mol. The molecule has 0 radical (unpaired) electrons. The molecule has 1 saturated heterocycles. The predicted molar refractivity (Wildman–Crippen MR) is 68.0 cm³/mol. The van der Waals surface area contributed by atoms with Crippen molar-refractivity contribution in [2.75, 3.05) is 0 Å². The van der Waals surface area contributed by atoms with Crippen molar-refractivity contribution in [3.8, 4) is 5.75 Å². The number of hydrogen-bond acceptors (Lipinski definition) is 4. The summed E-state index contributed by atoms with van der Waals surface area (Å²) in [5, 5.41) is 2.20. The van der Waals surface area contributed by atoms with E-state index >= 15 is 0 Å². The average molecular weight is 284 g/mol. The number of hydrogen-bond donors (Lipinski definition) is 1. The summed E-state index contributed by atoms with van der Waals surface area (Å²) in [5.74, 6) is 0.201. The van der Waals surface area contributed by atoms with Gasteiger partial charge in [-0.3, -0.25) is 14.9 Å². The molecule has 102 valence electrons. The molecule has 0 spiro atoms. The van der Waals surface area contributed by atoms with E-state index < -0.39 is 0 Å². The molecule has 5 nitrogen and oxygen atoms in total. The molecule has 2 amide bonds. The van der Waals surface area contributed by atoms with Crippen molar-refractivity contribution in [1.82, 2.24) is 5.32 Å². The van der Waals surface area contributed by atoms with E-state index in [1.807, 2.05) is 19.1 Å². The summed E-state index contributed by atoms with van der Waals surface area (Å²) in [5.41, 5.74) is 0.968. The van der Waals surface area contributed by atoms with Crippen LogP contribution >= 0.6 is 0 Å². The number of ether oxygens (including phenoxy) is 1. The molecule has 1 aliphatic rings. The molecule has 0 saturated carbocycles. The summed E-state index contributed by atoms with van der Waals surface area (Å²) >= 11 is 0. The first-order chi connectivity index (χ1) is 9.17. The maximum absolute atomic E-state index is 10.3. The zero-order chi connectivity index (χ0) is 14.1. The maximum Gasteiger partial charge on any atom is 1.00 e. The fourth-order valence-corrected chi connectivity index (χ4v) is 1.56. The van der Waals surface area contributed by atoms with E-state index in [0.29, 0.717) is 25.0 Å². The van der Waals surface area contributed by atoms with Crippen LogP contribution < -0.4 is 39.6 Å². The van der Waals surface area contributed by atoms with Gasteiger partial charge in [0.15, 0.2) is 6.47 Å². The third kappa shape index (κ3) is 6.84. The third-order valence-corrected chi connectivity index (χ3v) is 2.51. The number of carbonyl (C=O) groups excluding carboxylic acids is 3. The number of piperidine rings is 1. The van der Waals surface area contributed by atoms with E-state index in [1.54, 1.807) is 6.07 Å². The van der Waals surface area contributed by atoms with Crippen LogP contribution in [0, 0.1) is 6.07 Å². The molecule has 1 fully saturated rings. The number of para-hydroxylation sites is 1.